The predicted molar refractivity (Wildman–Crippen MR) is 166 cm³/mol. The van der Waals surface area contributed by atoms with Crippen molar-refractivity contribution in [2.45, 2.75) is 72.1 Å². The van der Waals surface area contributed by atoms with Crippen LogP contribution >= 0.6 is 0 Å². The van der Waals surface area contributed by atoms with Crippen molar-refractivity contribution in [3.63, 3.8) is 0 Å². The molecule has 1 heterocycles. The van der Waals surface area contributed by atoms with Gasteiger partial charge in [-0.3, -0.25) is 14.4 Å². The second-order valence-electron chi connectivity index (χ2n) is 12.5. The van der Waals surface area contributed by atoms with E-state index in [1.165, 1.54) is 31.2 Å². The Kier molecular flexibility index (Phi) is 11.7. The Labute approximate surface area is 269 Å². The number of hydrogen-bond donors (Lipinski definition) is 2. The highest BCUT2D eigenvalue weighted by Gasteiger charge is 2.40. The zero-order valence-electron chi connectivity index (χ0n) is 27.3. The van der Waals surface area contributed by atoms with Gasteiger partial charge in [-0.05, 0) is 111 Å². The minimum atomic E-state index is -5.19. The van der Waals surface area contributed by atoms with Gasteiger partial charge in [-0.25, -0.2) is 13.2 Å². The minimum absolute atomic E-state index is 0.0738. The van der Waals surface area contributed by atoms with Crippen LogP contribution in [0.2, 0.25) is 0 Å². The number of hydrogen-bond acceptors (Lipinski definition) is 4. The summed E-state index contributed by atoms with van der Waals surface area (Å²) in [6.45, 7) is 8.18. The summed E-state index contributed by atoms with van der Waals surface area (Å²) in [4.78, 5) is 40.5. The fourth-order valence-corrected chi connectivity index (χ4v) is 5.76. The SMILES string of the molecule is Cc1cc(-c2c(C)cc(F)cc2C)cc(C(CC(=O)O)NC(=O)C(CC(C)C)n2cc(CCN(C)C)c(C(F)(F)F)c(F)c2=O)c1F. The molecule has 2 aromatic carbocycles. The highest BCUT2D eigenvalue weighted by Crippen LogP contribution is 2.36. The number of rotatable bonds is 12. The number of alkyl halides is 3. The first-order valence-corrected chi connectivity index (χ1v) is 15.0. The summed E-state index contributed by atoms with van der Waals surface area (Å²) >= 11 is 0. The van der Waals surface area contributed by atoms with Crippen molar-refractivity contribution < 1.29 is 41.0 Å². The van der Waals surface area contributed by atoms with Crippen molar-refractivity contribution in [3.8, 4) is 11.1 Å². The fraction of sp³-hybridized carbons (Fsp3) is 0.441. The second-order valence-corrected chi connectivity index (χ2v) is 12.5. The lowest BCUT2D eigenvalue weighted by atomic mass is 9.90. The van der Waals surface area contributed by atoms with E-state index < -0.39 is 70.7 Å². The van der Waals surface area contributed by atoms with Gasteiger partial charge in [0.15, 0.2) is 0 Å². The topological polar surface area (TPSA) is 91.6 Å². The van der Waals surface area contributed by atoms with Crippen molar-refractivity contribution in [1.29, 1.82) is 0 Å². The number of pyridine rings is 1. The number of nitrogens with zero attached hydrogens (tertiary/aromatic N) is 2. The number of carboxylic acid groups (broad SMARTS) is 1. The van der Waals surface area contributed by atoms with Gasteiger partial charge in [0.05, 0.1) is 12.5 Å². The number of aliphatic carboxylic acids is 1. The normalized spacial score (nSPS) is 13.3. The number of carbonyl (C=O) groups excluding carboxylic acids is 1. The van der Waals surface area contributed by atoms with Crippen LogP contribution < -0.4 is 10.9 Å². The van der Waals surface area contributed by atoms with Crippen LogP contribution in [0.4, 0.5) is 26.3 Å². The van der Waals surface area contributed by atoms with E-state index in [4.69, 9.17) is 0 Å². The van der Waals surface area contributed by atoms with Crippen LogP contribution in [0.25, 0.3) is 11.1 Å². The van der Waals surface area contributed by atoms with E-state index in [1.54, 1.807) is 46.7 Å². The Morgan fingerprint density at radius 3 is 2.06 bits per heavy atom. The number of aryl methyl sites for hydroxylation is 3. The van der Waals surface area contributed by atoms with E-state index >= 15 is 8.78 Å². The second kappa shape index (κ2) is 14.7. The van der Waals surface area contributed by atoms with Gasteiger partial charge in [-0.15, -0.1) is 0 Å². The molecule has 0 radical (unpaired) electrons. The summed E-state index contributed by atoms with van der Waals surface area (Å²) < 4.78 is 87.3. The first-order chi connectivity index (χ1) is 21.7. The summed E-state index contributed by atoms with van der Waals surface area (Å²) in [6.07, 6.45) is -5.60. The van der Waals surface area contributed by atoms with Crippen LogP contribution in [-0.4, -0.2) is 47.1 Å². The third kappa shape index (κ3) is 8.82. The van der Waals surface area contributed by atoms with Gasteiger partial charge in [0.1, 0.15) is 23.2 Å². The lowest BCUT2D eigenvalue weighted by Crippen LogP contribution is -2.42. The van der Waals surface area contributed by atoms with E-state index in [0.717, 1.165) is 6.20 Å². The highest BCUT2D eigenvalue weighted by molar-refractivity contribution is 5.82. The van der Waals surface area contributed by atoms with Crippen LogP contribution in [-0.2, 0) is 22.2 Å². The molecule has 0 bridgehead atoms. The number of amides is 1. The Hall–Kier alpha value is -4.13. The zero-order valence-corrected chi connectivity index (χ0v) is 27.3. The van der Waals surface area contributed by atoms with E-state index in [1.807, 2.05) is 0 Å². The molecule has 1 amide bonds. The smallest absolute Gasteiger partial charge is 0.419 e. The maximum Gasteiger partial charge on any atom is 0.419 e. The molecule has 0 saturated heterocycles. The Morgan fingerprint density at radius 1 is 0.957 bits per heavy atom. The number of benzene rings is 2. The summed E-state index contributed by atoms with van der Waals surface area (Å²) in [5.41, 5.74) is -1.95. The van der Waals surface area contributed by atoms with Crippen LogP contribution in [0, 0.1) is 44.1 Å². The molecule has 1 aromatic heterocycles. The van der Waals surface area contributed by atoms with Crippen LogP contribution in [0.1, 0.15) is 72.2 Å². The van der Waals surface area contributed by atoms with Crippen molar-refractivity contribution in [2.24, 2.45) is 5.92 Å². The molecule has 3 aromatic rings. The molecular weight excluding hydrogens is 628 g/mol. The lowest BCUT2D eigenvalue weighted by molar-refractivity contribution is -0.141. The maximum atomic E-state index is 15.7. The van der Waals surface area contributed by atoms with Crippen molar-refractivity contribution in [2.75, 3.05) is 20.6 Å². The van der Waals surface area contributed by atoms with E-state index in [9.17, 15) is 37.1 Å². The largest absolute Gasteiger partial charge is 0.481 e. The summed E-state index contributed by atoms with van der Waals surface area (Å²) in [6, 6.07) is 2.38. The number of likely N-dealkylation sites (N-methyl/N-ethyl adjacent to an activating group) is 1. The molecule has 0 aliphatic rings. The highest BCUT2D eigenvalue weighted by atomic mass is 19.4. The Morgan fingerprint density at radius 2 is 1.55 bits per heavy atom. The van der Waals surface area contributed by atoms with Crippen LogP contribution in [0.15, 0.2) is 35.3 Å². The van der Waals surface area contributed by atoms with E-state index in [0.29, 0.717) is 26.8 Å². The molecule has 3 rings (SSSR count). The molecule has 47 heavy (non-hydrogen) atoms. The molecule has 2 N–H and O–H groups in total. The van der Waals surface area contributed by atoms with Gasteiger partial charge in [0.2, 0.25) is 11.7 Å². The maximum absolute atomic E-state index is 15.7. The van der Waals surface area contributed by atoms with E-state index in [2.05, 4.69) is 5.32 Å². The number of nitrogens with one attached hydrogen (secondary N) is 1. The standard InChI is InChI=1S/C34H39F6N3O4/c1-17(2)10-26(43-16-21(8-9-42(6)7)29(34(38,39)40)31(37)33(43)47)32(46)41-25(15-27(44)45)24-14-22(11-20(5)30(24)36)28-18(3)12-23(35)13-19(28)4/h11-14,16-17,25-26H,8-10,15H2,1-7H3,(H,41,46)(H,44,45). The van der Waals surface area contributed by atoms with E-state index in [-0.39, 0.29) is 36.4 Å². The van der Waals surface area contributed by atoms with Gasteiger partial charge < -0.3 is 19.9 Å². The molecule has 2 unspecified atom stereocenters. The molecule has 0 fully saturated rings. The molecule has 7 nitrogen and oxygen atoms in total. The third-order valence-electron chi connectivity index (χ3n) is 7.84. The molecule has 0 spiro atoms. The minimum Gasteiger partial charge on any atom is -0.481 e. The Bertz CT molecular complexity index is 1690. The van der Waals surface area contributed by atoms with Gasteiger partial charge >= 0.3 is 12.1 Å². The quantitative estimate of drug-likeness (QED) is 0.205. The predicted octanol–water partition coefficient (Wildman–Crippen LogP) is 6.90. The van der Waals surface area contributed by atoms with Gasteiger partial charge in [0, 0.05) is 18.3 Å². The van der Waals surface area contributed by atoms with Crippen molar-refractivity contribution >= 4 is 11.9 Å². The molecule has 0 aliphatic carbocycles. The molecular formula is C34H39F6N3O4. The zero-order chi connectivity index (χ0) is 35.5. The van der Waals surface area contributed by atoms with Gasteiger partial charge in [-0.2, -0.15) is 13.2 Å². The van der Waals surface area contributed by atoms with Crippen LogP contribution in [0.3, 0.4) is 0 Å². The van der Waals surface area contributed by atoms with Gasteiger partial charge in [-0.1, -0.05) is 13.8 Å². The summed E-state index contributed by atoms with van der Waals surface area (Å²) in [5.74, 6) is -6.11. The first kappa shape index (κ1) is 37.3. The van der Waals surface area contributed by atoms with Gasteiger partial charge in [0.25, 0.3) is 5.56 Å². The number of aromatic nitrogens is 1. The molecule has 0 aliphatic heterocycles. The third-order valence-corrected chi connectivity index (χ3v) is 7.84. The fourth-order valence-electron chi connectivity index (χ4n) is 5.76. The molecule has 256 valence electrons. The Balaban J connectivity index is 2.19. The molecule has 0 saturated carbocycles. The average Bonchev–Trinajstić information content (AvgIpc) is 2.92. The lowest BCUT2D eigenvalue weighted by Gasteiger charge is -2.27. The van der Waals surface area contributed by atoms with Crippen LogP contribution in [0.5, 0.6) is 0 Å². The first-order valence-electron chi connectivity index (χ1n) is 15.0. The number of halogens is 6. The molecule has 13 heteroatoms. The van der Waals surface area contributed by atoms with Crippen molar-refractivity contribution in [3.05, 3.63) is 91.6 Å². The molecule has 2 atom stereocenters. The number of carboxylic acids is 1. The summed E-state index contributed by atoms with van der Waals surface area (Å²) in [7, 11) is 3.21. The summed E-state index contributed by atoms with van der Waals surface area (Å²) in [5, 5.41) is 12.2. The average molecular weight is 668 g/mol. The van der Waals surface area contributed by atoms with Crippen molar-refractivity contribution in [1.82, 2.24) is 14.8 Å². The number of carbonyl (C=O) groups is 2. The monoisotopic (exact) mass is 667 g/mol.